The summed E-state index contributed by atoms with van der Waals surface area (Å²) in [7, 11) is 4.22. The topological polar surface area (TPSA) is 47.1 Å². The van der Waals surface area contributed by atoms with E-state index in [1.807, 2.05) is 19.4 Å². The summed E-state index contributed by atoms with van der Waals surface area (Å²) < 4.78 is 2.08. The average Bonchev–Trinajstić information content (AvgIpc) is 2.81. The van der Waals surface area contributed by atoms with E-state index in [-0.39, 0.29) is 5.54 Å². The first-order valence-corrected chi connectivity index (χ1v) is 7.36. The van der Waals surface area contributed by atoms with Crippen LogP contribution in [0, 0.1) is 5.92 Å². The van der Waals surface area contributed by atoms with Crippen LogP contribution in [-0.2, 0) is 13.6 Å². The van der Waals surface area contributed by atoms with Crippen molar-refractivity contribution in [2.75, 3.05) is 13.6 Å². The van der Waals surface area contributed by atoms with Gasteiger partial charge in [0.2, 0.25) is 0 Å². The number of nitrogens with two attached hydrogens (primary N) is 1. The molecule has 0 spiro atoms. The maximum absolute atomic E-state index is 6.12. The molecule has 0 bridgehead atoms. The molecule has 0 amide bonds. The molecule has 1 heterocycles. The van der Waals surface area contributed by atoms with Crippen LogP contribution in [0.1, 0.15) is 45.9 Å². The van der Waals surface area contributed by atoms with Crippen molar-refractivity contribution in [2.24, 2.45) is 18.7 Å². The normalized spacial score (nSPS) is 16.6. The predicted octanol–water partition coefficient (Wildman–Crippen LogP) is 2.40. The first kappa shape index (κ1) is 16.2. The second kappa shape index (κ2) is 7.06. The number of hydrogen-bond donors (Lipinski definition) is 1. The van der Waals surface area contributed by atoms with E-state index in [4.69, 9.17) is 5.73 Å². The smallest absolute Gasteiger partial charge is 0.122 e. The lowest BCUT2D eigenvalue weighted by Crippen LogP contribution is -2.52. The van der Waals surface area contributed by atoms with Crippen LogP contribution in [0.5, 0.6) is 0 Å². The van der Waals surface area contributed by atoms with E-state index in [1.165, 1.54) is 6.42 Å². The van der Waals surface area contributed by atoms with E-state index >= 15 is 0 Å². The number of hydrogen-bond acceptors (Lipinski definition) is 3. The molecule has 110 valence electrons. The molecule has 19 heavy (non-hydrogen) atoms. The number of rotatable bonds is 8. The molecule has 0 aliphatic carbocycles. The van der Waals surface area contributed by atoms with Crippen LogP contribution in [0.4, 0.5) is 0 Å². The summed E-state index contributed by atoms with van der Waals surface area (Å²) in [5, 5.41) is 0. The third kappa shape index (κ3) is 3.80. The van der Waals surface area contributed by atoms with Crippen LogP contribution in [0.15, 0.2) is 12.4 Å². The zero-order valence-electron chi connectivity index (χ0n) is 13.2. The van der Waals surface area contributed by atoms with Gasteiger partial charge in [0.1, 0.15) is 5.82 Å². The molecular weight excluding hydrogens is 236 g/mol. The summed E-state index contributed by atoms with van der Waals surface area (Å²) in [5.74, 6) is 1.80. The van der Waals surface area contributed by atoms with Crippen LogP contribution in [0.2, 0.25) is 0 Å². The number of likely N-dealkylation sites (N-methyl/N-ethyl adjacent to an activating group) is 1. The lowest BCUT2D eigenvalue weighted by Gasteiger charge is -2.42. The molecule has 1 aromatic rings. The molecule has 0 aliphatic rings. The van der Waals surface area contributed by atoms with Crippen LogP contribution in [-0.4, -0.2) is 33.6 Å². The van der Waals surface area contributed by atoms with E-state index in [1.54, 1.807) is 0 Å². The van der Waals surface area contributed by atoms with E-state index in [9.17, 15) is 0 Å². The molecule has 4 heteroatoms. The van der Waals surface area contributed by atoms with E-state index in [0.717, 1.165) is 25.2 Å². The SMILES string of the molecule is CCC(C)CC(CC)(CN)N(C)Cc1nccn1C. The second-order valence-corrected chi connectivity index (χ2v) is 5.81. The molecule has 2 atom stereocenters. The Morgan fingerprint density at radius 1 is 1.47 bits per heavy atom. The van der Waals surface area contributed by atoms with Gasteiger partial charge in [0, 0.05) is 31.5 Å². The minimum absolute atomic E-state index is 0.0847. The Kier molecular flexibility index (Phi) is 6.01. The van der Waals surface area contributed by atoms with Gasteiger partial charge >= 0.3 is 0 Å². The summed E-state index contributed by atoms with van der Waals surface area (Å²) in [5.41, 5.74) is 6.21. The van der Waals surface area contributed by atoms with Gasteiger partial charge in [0.15, 0.2) is 0 Å². The van der Waals surface area contributed by atoms with Crippen molar-refractivity contribution < 1.29 is 0 Å². The van der Waals surface area contributed by atoms with Crippen molar-refractivity contribution >= 4 is 0 Å². The number of aromatic nitrogens is 2. The number of nitrogens with zero attached hydrogens (tertiary/aromatic N) is 3. The summed E-state index contributed by atoms with van der Waals surface area (Å²) in [6.45, 7) is 8.36. The van der Waals surface area contributed by atoms with Gasteiger partial charge in [-0.2, -0.15) is 0 Å². The van der Waals surface area contributed by atoms with Crippen molar-refractivity contribution in [1.82, 2.24) is 14.5 Å². The van der Waals surface area contributed by atoms with E-state index in [2.05, 4.69) is 42.3 Å². The van der Waals surface area contributed by atoms with Gasteiger partial charge in [0.25, 0.3) is 0 Å². The van der Waals surface area contributed by atoms with Gasteiger partial charge in [-0.15, -0.1) is 0 Å². The zero-order valence-corrected chi connectivity index (χ0v) is 13.2. The standard InChI is InChI=1S/C15H30N4/c1-6-13(3)10-15(7-2,12-16)19(5)11-14-17-8-9-18(14)4/h8-9,13H,6-7,10-12,16H2,1-5H3. The Hall–Kier alpha value is -0.870. The first-order chi connectivity index (χ1) is 8.99. The molecule has 0 aromatic carbocycles. The molecule has 0 saturated carbocycles. The summed E-state index contributed by atoms with van der Waals surface area (Å²) in [4.78, 5) is 6.81. The molecule has 0 saturated heterocycles. The molecule has 2 N–H and O–H groups in total. The van der Waals surface area contributed by atoms with Crippen LogP contribution >= 0.6 is 0 Å². The Balaban J connectivity index is 2.82. The lowest BCUT2D eigenvalue weighted by molar-refractivity contribution is 0.0822. The molecule has 0 fully saturated rings. The predicted molar refractivity (Wildman–Crippen MR) is 80.8 cm³/mol. The fourth-order valence-corrected chi connectivity index (χ4v) is 2.68. The third-order valence-electron chi connectivity index (χ3n) is 4.57. The van der Waals surface area contributed by atoms with Gasteiger partial charge < -0.3 is 10.3 Å². The Labute approximate surface area is 118 Å². The summed E-state index contributed by atoms with van der Waals surface area (Å²) in [6, 6.07) is 0. The monoisotopic (exact) mass is 266 g/mol. The van der Waals surface area contributed by atoms with Gasteiger partial charge in [-0.1, -0.05) is 27.2 Å². The van der Waals surface area contributed by atoms with Crippen molar-refractivity contribution in [3.05, 3.63) is 18.2 Å². The maximum Gasteiger partial charge on any atom is 0.122 e. The van der Waals surface area contributed by atoms with Crippen LogP contribution in [0.25, 0.3) is 0 Å². The molecular formula is C15H30N4. The fraction of sp³-hybridized carbons (Fsp3) is 0.800. The van der Waals surface area contributed by atoms with Crippen molar-refractivity contribution in [3.63, 3.8) is 0 Å². The van der Waals surface area contributed by atoms with Crippen molar-refractivity contribution in [2.45, 2.75) is 52.1 Å². The third-order valence-corrected chi connectivity index (χ3v) is 4.57. The van der Waals surface area contributed by atoms with Gasteiger partial charge in [0.05, 0.1) is 6.54 Å². The van der Waals surface area contributed by atoms with Crippen molar-refractivity contribution in [3.8, 4) is 0 Å². The van der Waals surface area contributed by atoms with Crippen LogP contribution in [0.3, 0.4) is 0 Å². The second-order valence-electron chi connectivity index (χ2n) is 5.81. The van der Waals surface area contributed by atoms with Gasteiger partial charge in [-0.3, -0.25) is 4.90 Å². The highest BCUT2D eigenvalue weighted by Crippen LogP contribution is 2.28. The van der Waals surface area contributed by atoms with Gasteiger partial charge in [-0.05, 0) is 25.8 Å². The molecule has 2 unspecified atom stereocenters. The fourth-order valence-electron chi connectivity index (χ4n) is 2.68. The zero-order chi connectivity index (χ0) is 14.5. The molecule has 0 radical (unpaired) electrons. The van der Waals surface area contributed by atoms with Crippen LogP contribution < -0.4 is 5.73 Å². The lowest BCUT2D eigenvalue weighted by atomic mass is 9.83. The Bertz CT molecular complexity index is 368. The minimum atomic E-state index is 0.0847. The maximum atomic E-state index is 6.12. The molecule has 1 aromatic heterocycles. The quantitative estimate of drug-likeness (QED) is 0.786. The largest absolute Gasteiger partial charge is 0.337 e. The average molecular weight is 266 g/mol. The molecule has 0 aliphatic heterocycles. The Morgan fingerprint density at radius 3 is 2.58 bits per heavy atom. The number of imidazole rings is 1. The first-order valence-electron chi connectivity index (χ1n) is 7.36. The molecule has 4 nitrogen and oxygen atoms in total. The van der Waals surface area contributed by atoms with E-state index in [0.29, 0.717) is 12.5 Å². The highest BCUT2D eigenvalue weighted by atomic mass is 15.2. The Morgan fingerprint density at radius 2 is 2.16 bits per heavy atom. The van der Waals surface area contributed by atoms with Crippen molar-refractivity contribution in [1.29, 1.82) is 0 Å². The summed E-state index contributed by atoms with van der Waals surface area (Å²) >= 11 is 0. The molecule has 1 rings (SSSR count). The van der Waals surface area contributed by atoms with Gasteiger partial charge in [-0.25, -0.2) is 4.98 Å². The van der Waals surface area contributed by atoms with E-state index < -0.39 is 0 Å². The number of aryl methyl sites for hydroxylation is 1. The summed E-state index contributed by atoms with van der Waals surface area (Å²) in [6.07, 6.45) is 7.28. The minimum Gasteiger partial charge on any atom is -0.337 e. The highest BCUT2D eigenvalue weighted by Gasteiger charge is 2.33. The highest BCUT2D eigenvalue weighted by molar-refractivity contribution is 4.96.